The van der Waals surface area contributed by atoms with E-state index in [-0.39, 0.29) is 11.9 Å². The quantitative estimate of drug-likeness (QED) is 0.691. The average molecular weight is 220 g/mol. The summed E-state index contributed by atoms with van der Waals surface area (Å²) in [5, 5.41) is 2.97. The summed E-state index contributed by atoms with van der Waals surface area (Å²) in [4.78, 5) is 11.4. The molecule has 0 radical (unpaired) electrons. The van der Waals surface area contributed by atoms with Crippen LogP contribution in [0.5, 0.6) is 0 Å². The second-order valence-electron chi connectivity index (χ2n) is 3.29. The molecule has 0 aliphatic rings. The van der Waals surface area contributed by atoms with Crippen LogP contribution in [0.2, 0.25) is 0 Å². The fourth-order valence-corrected chi connectivity index (χ4v) is 1.26. The highest BCUT2D eigenvalue weighted by molar-refractivity contribution is 5.37. The van der Waals surface area contributed by atoms with E-state index < -0.39 is 0 Å². The van der Waals surface area contributed by atoms with E-state index in [0.29, 0.717) is 12.5 Å². The van der Waals surface area contributed by atoms with Crippen LogP contribution in [0, 0.1) is 6.92 Å². The number of anilines is 3. The average Bonchev–Trinajstić information content (AvgIpc) is 2.60. The largest absolute Gasteiger partial charge is 0.469 e. The molecule has 0 saturated carbocycles. The predicted octanol–water partition coefficient (Wildman–Crippen LogP) is 0.550. The van der Waals surface area contributed by atoms with Gasteiger partial charge in [-0.25, -0.2) is 0 Å². The molecule has 5 N–H and O–H groups in total. The molecule has 0 saturated heterocycles. The van der Waals surface area contributed by atoms with Crippen molar-refractivity contribution in [1.82, 2.24) is 15.0 Å². The Bertz CT molecular complexity index is 474. The summed E-state index contributed by atoms with van der Waals surface area (Å²) >= 11 is 0. The van der Waals surface area contributed by atoms with E-state index >= 15 is 0 Å². The van der Waals surface area contributed by atoms with Crippen LogP contribution in [-0.4, -0.2) is 15.0 Å². The first-order valence-corrected chi connectivity index (χ1v) is 4.68. The third kappa shape index (κ3) is 2.38. The van der Waals surface area contributed by atoms with Crippen LogP contribution in [0.15, 0.2) is 16.7 Å². The lowest BCUT2D eigenvalue weighted by atomic mass is 10.3. The van der Waals surface area contributed by atoms with E-state index in [1.54, 1.807) is 6.26 Å². The lowest BCUT2D eigenvalue weighted by Gasteiger charge is -2.03. The van der Waals surface area contributed by atoms with Gasteiger partial charge >= 0.3 is 0 Å². The van der Waals surface area contributed by atoms with Crippen molar-refractivity contribution >= 4 is 17.8 Å². The van der Waals surface area contributed by atoms with Crippen molar-refractivity contribution in [2.45, 2.75) is 13.5 Å². The molecule has 0 aromatic carbocycles. The van der Waals surface area contributed by atoms with Gasteiger partial charge in [-0.15, -0.1) is 0 Å². The third-order valence-corrected chi connectivity index (χ3v) is 1.91. The van der Waals surface area contributed by atoms with Gasteiger partial charge in [0.1, 0.15) is 5.76 Å². The highest BCUT2D eigenvalue weighted by Gasteiger charge is 2.02. The zero-order chi connectivity index (χ0) is 11.5. The smallest absolute Gasteiger partial charge is 0.229 e. The van der Waals surface area contributed by atoms with Gasteiger partial charge < -0.3 is 21.2 Å². The van der Waals surface area contributed by atoms with Crippen LogP contribution in [-0.2, 0) is 6.54 Å². The number of nitrogens with two attached hydrogens (primary N) is 2. The number of nitrogens with one attached hydrogen (secondary N) is 1. The van der Waals surface area contributed by atoms with Crippen LogP contribution in [0.1, 0.15) is 11.3 Å². The van der Waals surface area contributed by atoms with Crippen LogP contribution in [0.3, 0.4) is 0 Å². The van der Waals surface area contributed by atoms with Gasteiger partial charge in [-0.05, 0) is 13.0 Å². The minimum atomic E-state index is 0.0957. The van der Waals surface area contributed by atoms with Gasteiger partial charge in [-0.3, -0.25) is 0 Å². The SMILES string of the molecule is Cc1cc(CNc2nc(N)nc(N)n2)co1. The summed E-state index contributed by atoms with van der Waals surface area (Å²) in [5.41, 5.74) is 11.9. The van der Waals surface area contributed by atoms with Crippen LogP contribution in [0.4, 0.5) is 17.8 Å². The molecule has 0 unspecified atom stereocenters. The molecule has 2 rings (SSSR count). The summed E-state index contributed by atoms with van der Waals surface area (Å²) < 4.78 is 5.16. The maximum absolute atomic E-state index is 5.43. The Kier molecular flexibility index (Phi) is 2.59. The second kappa shape index (κ2) is 4.05. The van der Waals surface area contributed by atoms with E-state index in [9.17, 15) is 0 Å². The number of hydrogen-bond donors (Lipinski definition) is 3. The topological polar surface area (TPSA) is 116 Å². The molecule has 0 amide bonds. The zero-order valence-electron chi connectivity index (χ0n) is 8.77. The molecule has 0 fully saturated rings. The lowest BCUT2D eigenvalue weighted by Crippen LogP contribution is -2.08. The summed E-state index contributed by atoms with van der Waals surface area (Å²) in [6.45, 7) is 2.42. The fraction of sp³-hybridized carbons (Fsp3) is 0.222. The van der Waals surface area contributed by atoms with E-state index in [4.69, 9.17) is 15.9 Å². The third-order valence-electron chi connectivity index (χ3n) is 1.91. The summed E-state index contributed by atoms with van der Waals surface area (Å²) in [7, 11) is 0. The monoisotopic (exact) mass is 220 g/mol. The molecule has 0 atom stereocenters. The van der Waals surface area contributed by atoms with E-state index in [1.807, 2.05) is 13.0 Å². The van der Waals surface area contributed by atoms with Gasteiger partial charge in [0, 0.05) is 12.1 Å². The first-order valence-electron chi connectivity index (χ1n) is 4.68. The van der Waals surface area contributed by atoms with Crippen molar-refractivity contribution in [3.63, 3.8) is 0 Å². The minimum Gasteiger partial charge on any atom is -0.469 e. The van der Waals surface area contributed by atoms with Crippen molar-refractivity contribution in [3.8, 4) is 0 Å². The predicted molar refractivity (Wildman–Crippen MR) is 59.4 cm³/mol. The number of aryl methyl sites for hydroxylation is 1. The maximum atomic E-state index is 5.43. The molecule has 0 aliphatic heterocycles. The van der Waals surface area contributed by atoms with Crippen molar-refractivity contribution in [3.05, 3.63) is 23.7 Å². The maximum Gasteiger partial charge on any atom is 0.229 e. The standard InChI is InChI=1S/C9H12N6O/c1-5-2-6(4-16-5)3-12-9-14-7(10)13-8(11)15-9/h2,4H,3H2,1H3,(H5,10,11,12,13,14,15). The first kappa shape index (κ1) is 10.2. The van der Waals surface area contributed by atoms with Gasteiger partial charge in [0.25, 0.3) is 0 Å². The molecule has 7 heteroatoms. The molecule has 2 aromatic heterocycles. The lowest BCUT2D eigenvalue weighted by molar-refractivity contribution is 0.532. The van der Waals surface area contributed by atoms with Gasteiger partial charge in [-0.1, -0.05) is 0 Å². The summed E-state index contributed by atoms with van der Waals surface area (Å²) in [6, 6.07) is 1.92. The minimum absolute atomic E-state index is 0.0957. The zero-order valence-corrected chi connectivity index (χ0v) is 8.77. The molecule has 2 aromatic rings. The number of furan rings is 1. The number of hydrogen-bond acceptors (Lipinski definition) is 7. The van der Waals surface area contributed by atoms with Crippen molar-refractivity contribution in [2.75, 3.05) is 16.8 Å². The number of nitrogen functional groups attached to an aromatic ring is 2. The first-order chi connectivity index (χ1) is 7.63. The Labute approximate surface area is 91.9 Å². The van der Waals surface area contributed by atoms with Crippen molar-refractivity contribution in [2.24, 2.45) is 0 Å². The number of rotatable bonds is 3. The van der Waals surface area contributed by atoms with E-state index in [2.05, 4.69) is 20.3 Å². The van der Waals surface area contributed by atoms with Gasteiger partial charge in [0.2, 0.25) is 17.8 Å². The fourth-order valence-electron chi connectivity index (χ4n) is 1.26. The number of nitrogens with zero attached hydrogens (tertiary/aromatic N) is 3. The Hall–Kier alpha value is -2.31. The van der Waals surface area contributed by atoms with Crippen LogP contribution < -0.4 is 16.8 Å². The number of aromatic nitrogens is 3. The normalized spacial score (nSPS) is 10.3. The van der Waals surface area contributed by atoms with Crippen molar-refractivity contribution in [1.29, 1.82) is 0 Å². The van der Waals surface area contributed by atoms with Crippen molar-refractivity contribution < 1.29 is 4.42 Å². The van der Waals surface area contributed by atoms with Gasteiger partial charge in [0.15, 0.2) is 0 Å². The molecule has 16 heavy (non-hydrogen) atoms. The van der Waals surface area contributed by atoms with Gasteiger partial charge in [-0.2, -0.15) is 15.0 Å². The van der Waals surface area contributed by atoms with Gasteiger partial charge in [0.05, 0.1) is 6.26 Å². The summed E-state index contributed by atoms with van der Waals surface area (Å²) in [6.07, 6.45) is 1.66. The Balaban J connectivity index is 2.04. The highest BCUT2D eigenvalue weighted by Crippen LogP contribution is 2.09. The molecule has 0 aliphatic carbocycles. The van der Waals surface area contributed by atoms with Crippen LogP contribution >= 0.6 is 0 Å². The molecule has 84 valence electrons. The molecule has 0 bridgehead atoms. The Morgan fingerprint density at radius 3 is 2.50 bits per heavy atom. The Morgan fingerprint density at radius 1 is 1.25 bits per heavy atom. The van der Waals surface area contributed by atoms with E-state index in [0.717, 1.165) is 11.3 Å². The second-order valence-corrected chi connectivity index (χ2v) is 3.29. The molecule has 0 spiro atoms. The Morgan fingerprint density at radius 2 is 1.94 bits per heavy atom. The molecule has 2 heterocycles. The molecular formula is C9H12N6O. The molecular weight excluding hydrogens is 208 g/mol. The highest BCUT2D eigenvalue weighted by atomic mass is 16.3. The molecule has 7 nitrogen and oxygen atoms in total. The van der Waals surface area contributed by atoms with Crippen LogP contribution in [0.25, 0.3) is 0 Å². The van der Waals surface area contributed by atoms with E-state index in [1.165, 1.54) is 0 Å². The summed E-state index contributed by atoms with van der Waals surface area (Å²) in [5.74, 6) is 1.40.